The molecule has 1 aliphatic heterocycles. The van der Waals surface area contributed by atoms with Crippen molar-refractivity contribution in [2.45, 2.75) is 45.1 Å². The molecular weight excluding hydrogens is 304 g/mol. The van der Waals surface area contributed by atoms with E-state index in [-0.39, 0.29) is 6.03 Å². The lowest BCUT2D eigenvalue weighted by Gasteiger charge is -2.36. The van der Waals surface area contributed by atoms with E-state index in [1.54, 1.807) is 6.07 Å². The van der Waals surface area contributed by atoms with Gasteiger partial charge in [-0.05, 0) is 25.8 Å². The van der Waals surface area contributed by atoms with Crippen LogP contribution in [0, 0.1) is 18.3 Å². The number of piperazine rings is 1. The number of nitriles is 1. The van der Waals surface area contributed by atoms with Crippen molar-refractivity contribution in [1.29, 1.82) is 5.26 Å². The summed E-state index contributed by atoms with van der Waals surface area (Å²) in [6.07, 6.45) is 5.90. The number of amides is 2. The predicted molar refractivity (Wildman–Crippen MR) is 90.7 cm³/mol. The van der Waals surface area contributed by atoms with Crippen LogP contribution in [0.15, 0.2) is 6.07 Å². The number of hydrogen-bond donors (Lipinski definition) is 1. The topological polar surface area (TPSA) is 85.2 Å². The van der Waals surface area contributed by atoms with Gasteiger partial charge in [0.1, 0.15) is 11.8 Å². The van der Waals surface area contributed by atoms with Crippen LogP contribution in [-0.4, -0.2) is 53.1 Å². The van der Waals surface area contributed by atoms with Crippen molar-refractivity contribution >= 4 is 12.0 Å². The largest absolute Gasteiger partial charge is 0.337 e. The summed E-state index contributed by atoms with van der Waals surface area (Å²) in [5, 5.41) is 12.2. The number of carbonyl (C=O) groups excluding carboxylic acids is 1. The Morgan fingerprint density at radius 1 is 1.21 bits per heavy atom. The van der Waals surface area contributed by atoms with Crippen LogP contribution in [0.25, 0.3) is 0 Å². The average Bonchev–Trinajstić information content (AvgIpc) is 2.62. The van der Waals surface area contributed by atoms with E-state index in [0.29, 0.717) is 43.9 Å². The molecule has 7 nitrogen and oxygen atoms in total. The second-order valence-electron chi connectivity index (χ2n) is 6.56. The van der Waals surface area contributed by atoms with Crippen molar-refractivity contribution in [3.63, 3.8) is 0 Å². The number of hydrogen-bond acceptors (Lipinski definition) is 5. The zero-order valence-electron chi connectivity index (χ0n) is 14.2. The number of nitrogens with one attached hydrogen (secondary N) is 1. The van der Waals surface area contributed by atoms with E-state index >= 15 is 0 Å². The fraction of sp³-hybridized carbons (Fsp3) is 0.647. The summed E-state index contributed by atoms with van der Waals surface area (Å²) in [6.45, 7) is 4.54. The van der Waals surface area contributed by atoms with Crippen molar-refractivity contribution in [1.82, 2.24) is 20.2 Å². The van der Waals surface area contributed by atoms with Crippen molar-refractivity contribution in [3.05, 3.63) is 17.5 Å². The molecule has 2 heterocycles. The van der Waals surface area contributed by atoms with Gasteiger partial charge in [-0.2, -0.15) is 5.26 Å². The molecular formula is C17H24N6O. The number of carbonyl (C=O) groups is 1. The molecule has 1 saturated carbocycles. The van der Waals surface area contributed by atoms with Crippen LogP contribution in [0.1, 0.15) is 43.5 Å². The van der Waals surface area contributed by atoms with Crippen molar-refractivity contribution in [2.75, 3.05) is 31.1 Å². The lowest BCUT2D eigenvalue weighted by molar-refractivity contribution is 0.186. The number of aromatic nitrogens is 2. The van der Waals surface area contributed by atoms with E-state index in [2.05, 4.69) is 21.4 Å². The Morgan fingerprint density at radius 2 is 1.92 bits per heavy atom. The molecule has 3 rings (SSSR count). The van der Waals surface area contributed by atoms with Crippen LogP contribution in [0.5, 0.6) is 0 Å². The highest BCUT2D eigenvalue weighted by Gasteiger charge is 2.25. The van der Waals surface area contributed by atoms with Gasteiger partial charge in [0, 0.05) is 37.9 Å². The molecule has 0 unspecified atom stereocenters. The quantitative estimate of drug-likeness (QED) is 0.895. The number of anilines is 1. The Balaban J connectivity index is 1.54. The third-order valence-electron chi connectivity index (χ3n) is 4.74. The SMILES string of the molecule is Cc1cc(C#N)nc(N2CCN(C(=O)NC3CCCCC3)CC2)n1. The molecule has 0 atom stereocenters. The van der Waals surface area contributed by atoms with E-state index < -0.39 is 0 Å². The van der Waals surface area contributed by atoms with Crippen LogP contribution in [0.2, 0.25) is 0 Å². The molecule has 0 radical (unpaired) electrons. The molecule has 24 heavy (non-hydrogen) atoms. The second-order valence-corrected chi connectivity index (χ2v) is 6.56. The van der Waals surface area contributed by atoms with Gasteiger partial charge >= 0.3 is 6.03 Å². The summed E-state index contributed by atoms with van der Waals surface area (Å²) in [4.78, 5) is 25.0. The molecule has 0 aromatic carbocycles. The van der Waals surface area contributed by atoms with Crippen LogP contribution >= 0.6 is 0 Å². The first-order valence-electron chi connectivity index (χ1n) is 8.72. The molecule has 2 amide bonds. The maximum absolute atomic E-state index is 12.4. The van der Waals surface area contributed by atoms with E-state index in [0.717, 1.165) is 18.5 Å². The van der Waals surface area contributed by atoms with E-state index in [4.69, 9.17) is 5.26 Å². The first-order chi connectivity index (χ1) is 11.7. The molecule has 1 N–H and O–H groups in total. The van der Waals surface area contributed by atoms with Gasteiger partial charge in [0.25, 0.3) is 0 Å². The fourth-order valence-electron chi connectivity index (χ4n) is 3.37. The summed E-state index contributed by atoms with van der Waals surface area (Å²) in [6, 6.07) is 4.13. The third kappa shape index (κ3) is 3.94. The maximum atomic E-state index is 12.4. The Morgan fingerprint density at radius 3 is 2.58 bits per heavy atom. The molecule has 1 aromatic rings. The van der Waals surface area contributed by atoms with Gasteiger partial charge in [0.05, 0.1) is 0 Å². The van der Waals surface area contributed by atoms with Gasteiger partial charge in [0.2, 0.25) is 5.95 Å². The summed E-state index contributed by atoms with van der Waals surface area (Å²) in [5.41, 5.74) is 1.17. The van der Waals surface area contributed by atoms with Gasteiger partial charge in [-0.15, -0.1) is 0 Å². The molecule has 2 fully saturated rings. The Hall–Kier alpha value is -2.36. The van der Waals surface area contributed by atoms with E-state index in [9.17, 15) is 4.79 Å². The zero-order chi connectivity index (χ0) is 16.9. The Labute approximate surface area is 142 Å². The molecule has 0 bridgehead atoms. The second kappa shape index (κ2) is 7.47. The first-order valence-corrected chi connectivity index (χ1v) is 8.72. The fourth-order valence-corrected chi connectivity index (χ4v) is 3.37. The van der Waals surface area contributed by atoms with Gasteiger partial charge in [0.15, 0.2) is 0 Å². The summed E-state index contributed by atoms with van der Waals surface area (Å²) >= 11 is 0. The monoisotopic (exact) mass is 328 g/mol. The molecule has 128 valence electrons. The van der Waals surface area contributed by atoms with Crippen LogP contribution in [0.3, 0.4) is 0 Å². The highest BCUT2D eigenvalue weighted by Crippen LogP contribution is 2.18. The molecule has 7 heteroatoms. The molecule has 0 spiro atoms. The minimum atomic E-state index is 0.0458. The number of urea groups is 1. The highest BCUT2D eigenvalue weighted by molar-refractivity contribution is 5.74. The standard InChI is InChI=1S/C17H24N6O/c1-13-11-15(12-18)20-16(19-13)22-7-9-23(10-8-22)17(24)21-14-5-3-2-4-6-14/h11,14H,2-10H2,1H3,(H,21,24). The van der Waals surface area contributed by atoms with Crippen LogP contribution < -0.4 is 10.2 Å². The number of aryl methyl sites for hydroxylation is 1. The van der Waals surface area contributed by atoms with Crippen LogP contribution in [-0.2, 0) is 0 Å². The first kappa shape index (κ1) is 16.5. The zero-order valence-corrected chi connectivity index (χ0v) is 14.2. The summed E-state index contributed by atoms with van der Waals surface area (Å²) in [7, 11) is 0. The minimum Gasteiger partial charge on any atom is -0.337 e. The molecule has 2 aliphatic rings. The van der Waals surface area contributed by atoms with Gasteiger partial charge in [-0.3, -0.25) is 0 Å². The average molecular weight is 328 g/mol. The molecule has 1 aliphatic carbocycles. The Bertz CT molecular complexity index is 626. The summed E-state index contributed by atoms with van der Waals surface area (Å²) < 4.78 is 0. The predicted octanol–water partition coefficient (Wildman–Crippen LogP) is 1.82. The highest BCUT2D eigenvalue weighted by atomic mass is 16.2. The normalized spacial score (nSPS) is 19.0. The van der Waals surface area contributed by atoms with Gasteiger partial charge in [-0.1, -0.05) is 19.3 Å². The smallest absolute Gasteiger partial charge is 0.317 e. The Kier molecular flexibility index (Phi) is 5.14. The van der Waals surface area contributed by atoms with E-state index in [1.807, 2.05) is 16.7 Å². The number of rotatable bonds is 2. The maximum Gasteiger partial charge on any atom is 0.317 e. The van der Waals surface area contributed by atoms with Gasteiger partial charge in [-0.25, -0.2) is 14.8 Å². The minimum absolute atomic E-state index is 0.0458. The van der Waals surface area contributed by atoms with Crippen molar-refractivity contribution < 1.29 is 4.79 Å². The lowest BCUT2D eigenvalue weighted by Crippen LogP contribution is -2.54. The van der Waals surface area contributed by atoms with Crippen LogP contribution in [0.4, 0.5) is 10.7 Å². The summed E-state index contributed by atoms with van der Waals surface area (Å²) in [5.74, 6) is 0.582. The lowest BCUT2D eigenvalue weighted by atomic mass is 9.96. The molecule has 1 saturated heterocycles. The van der Waals surface area contributed by atoms with E-state index in [1.165, 1.54) is 19.3 Å². The molecule has 1 aromatic heterocycles. The van der Waals surface area contributed by atoms with Crippen molar-refractivity contribution in [2.24, 2.45) is 0 Å². The van der Waals surface area contributed by atoms with Gasteiger partial charge < -0.3 is 15.1 Å². The number of nitrogens with zero attached hydrogens (tertiary/aromatic N) is 5. The third-order valence-corrected chi connectivity index (χ3v) is 4.74. The van der Waals surface area contributed by atoms with Crippen molar-refractivity contribution in [3.8, 4) is 6.07 Å².